The minimum absolute atomic E-state index is 0.412. The molecule has 4 heteroatoms. The molecular weight excluding hydrogens is 194 g/mol. The fraction of sp³-hybridized carbons (Fsp3) is 0.455. The zero-order valence-electron chi connectivity index (χ0n) is 9.23. The zero-order valence-corrected chi connectivity index (χ0v) is 9.23. The summed E-state index contributed by atoms with van der Waals surface area (Å²) < 4.78 is 10.2. The summed E-state index contributed by atoms with van der Waals surface area (Å²) in [6.07, 6.45) is -0.594. The lowest BCUT2D eigenvalue weighted by atomic mass is 10.0. The van der Waals surface area contributed by atoms with Crippen LogP contribution in [-0.4, -0.2) is 25.4 Å². The Kier molecular flexibility index (Phi) is 3.94. The first kappa shape index (κ1) is 11.8. The third-order valence-electron chi connectivity index (χ3n) is 2.31. The molecule has 2 unspecified atom stereocenters. The molecule has 0 bridgehead atoms. The van der Waals surface area contributed by atoms with Crippen molar-refractivity contribution < 1.29 is 14.6 Å². The molecule has 0 saturated carbocycles. The van der Waals surface area contributed by atoms with Crippen molar-refractivity contribution in [2.75, 3.05) is 14.2 Å². The SMILES string of the molecule is COc1ccc(C(N)C(C)O)cc1OC. The topological polar surface area (TPSA) is 64.7 Å². The summed E-state index contributed by atoms with van der Waals surface area (Å²) in [5, 5.41) is 9.37. The van der Waals surface area contributed by atoms with E-state index in [0.29, 0.717) is 11.5 Å². The number of benzene rings is 1. The van der Waals surface area contributed by atoms with Gasteiger partial charge in [0, 0.05) is 0 Å². The maximum Gasteiger partial charge on any atom is 0.161 e. The first-order valence-corrected chi connectivity index (χ1v) is 4.75. The maximum atomic E-state index is 9.37. The number of aliphatic hydroxyl groups excluding tert-OH is 1. The molecule has 2 atom stereocenters. The molecule has 1 aromatic rings. The van der Waals surface area contributed by atoms with E-state index >= 15 is 0 Å². The van der Waals surface area contributed by atoms with Gasteiger partial charge >= 0.3 is 0 Å². The van der Waals surface area contributed by atoms with Gasteiger partial charge in [0.2, 0.25) is 0 Å². The molecule has 0 aromatic heterocycles. The van der Waals surface area contributed by atoms with Crippen LogP contribution in [0.5, 0.6) is 11.5 Å². The highest BCUT2D eigenvalue weighted by Crippen LogP contribution is 2.30. The monoisotopic (exact) mass is 211 g/mol. The molecule has 3 N–H and O–H groups in total. The molecule has 4 nitrogen and oxygen atoms in total. The van der Waals surface area contributed by atoms with Crippen LogP contribution in [0.3, 0.4) is 0 Å². The van der Waals surface area contributed by atoms with Gasteiger partial charge in [-0.3, -0.25) is 0 Å². The molecule has 84 valence electrons. The van der Waals surface area contributed by atoms with E-state index in [0.717, 1.165) is 5.56 Å². The Bertz CT molecular complexity index is 326. The third-order valence-corrected chi connectivity index (χ3v) is 2.31. The van der Waals surface area contributed by atoms with Gasteiger partial charge in [-0.2, -0.15) is 0 Å². The van der Waals surface area contributed by atoms with Crippen molar-refractivity contribution in [3.8, 4) is 11.5 Å². The Hall–Kier alpha value is -1.26. The van der Waals surface area contributed by atoms with Crippen molar-refractivity contribution >= 4 is 0 Å². The van der Waals surface area contributed by atoms with Gasteiger partial charge in [0.1, 0.15) is 0 Å². The summed E-state index contributed by atoms with van der Waals surface area (Å²) in [6, 6.07) is 4.95. The molecule has 0 spiro atoms. The highest BCUT2D eigenvalue weighted by atomic mass is 16.5. The fourth-order valence-corrected chi connectivity index (χ4v) is 1.34. The van der Waals surface area contributed by atoms with Crippen LogP contribution in [0.2, 0.25) is 0 Å². The number of ether oxygens (including phenoxy) is 2. The van der Waals surface area contributed by atoms with Crippen molar-refractivity contribution in [1.82, 2.24) is 0 Å². The first-order chi connectivity index (χ1) is 7.10. The lowest BCUT2D eigenvalue weighted by Gasteiger charge is -2.17. The van der Waals surface area contributed by atoms with Crippen LogP contribution in [-0.2, 0) is 0 Å². The van der Waals surface area contributed by atoms with Crippen LogP contribution in [0.15, 0.2) is 18.2 Å². The number of hydrogen-bond acceptors (Lipinski definition) is 4. The van der Waals surface area contributed by atoms with Gasteiger partial charge in [-0.25, -0.2) is 0 Å². The van der Waals surface area contributed by atoms with E-state index in [1.807, 2.05) is 6.07 Å². The van der Waals surface area contributed by atoms with E-state index in [2.05, 4.69) is 0 Å². The summed E-state index contributed by atoms with van der Waals surface area (Å²) >= 11 is 0. The highest BCUT2D eigenvalue weighted by Gasteiger charge is 2.14. The Labute approximate surface area is 89.6 Å². The van der Waals surface area contributed by atoms with Crippen LogP contribution < -0.4 is 15.2 Å². The van der Waals surface area contributed by atoms with Gasteiger partial charge in [-0.1, -0.05) is 6.07 Å². The van der Waals surface area contributed by atoms with Crippen LogP contribution in [0.4, 0.5) is 0 Å². The Morgan fingerprint density at radius 3 is 2.27 bits per heavy atom. The minimum atomic E-state index is -0.594. The summed E-state index contributed by atoms with van der Waals surface area (Å²) in [5.41, 5.74) is 6.63. The molecule has 0 aliphatic heterocycles. The van der Waals surface area contributed by atoms with E-state index in [-0.39, 0.29) is 0 Å². The van der Waals surface area contributed by atoms with Crippen molar-refractivity contribution in [1.29, 1.82) is 0 Å². The number of hydrogen-bond donors (Lipinski definition) is 2. The van der Waals surface area contributed by atoms with Crippen LogP contribution >= 0.6 is 0 Å². The minimum Gasteiger partial charge on any atom is -0.493 e. The molecule has 0 saturated heterocycles. The van der Waals surface area contributed by atoms with Gasteiger partial charge in [0.15, 0.2) is 11.5 Å². The molecular formula is C11H17NO3. The van der Waals surface area contributed by atoms with E-state index in [4.69, 9.17) is 15.2 Å². The van der Waals surface area contributed by atoms with Gasteiger partial charge in [0.05, 0.1) is 26.4 Å². The standard InChI is InChI=1S/C11H17NO3/c1-7(13)11(12)8-4-5-9(14-2)10(6-8)15-3/h4-7,11,13H,12H2,1-3H3. The average molecular weight is 211 g/mol. The molecule has 0 heterocycles. The van der Waals surface area contributed by atoms with Gasteiger partial charge in [-0.05, 0) is 24.6 Å². The van der Waals surface area contributed by atoms with E-state index in [9.17, 15) is 5.11 Å². The molecule has 0 fully saturated rings. The highest BCUT2D eigenvalue weighted by molar-refractivity contribution is 5.43. The van der Waals surface area contributed by atoms with Crippen molar-refractivity contribution in [2.24, 2.45) is 5.73 Å². The quantitative estimate of drug-likeness (QED) is 0.782. The van der Waals surface area contributed by atoms with Crippen LogP contribution in [0.1, 0.15) is 18.5 Å². The summed E-state index contributed by atoms with van der Waals surface area (Å²) in [4.78, 5) is 0. The Morgan fingerprint density at radius 1 is 1.20 bits per heavy atom. The number of nitrogens with two attached hydrogens (primary N) is 1. The molecule has 0 aliphatic carbocycles. The van der Waals surface area contributed by atoms with Gasteiger partial charge in [0.25, 0.3) is 0 Å². The van der Waals surface area contributed by atoms with E-state index in [1.165, 1.54) is 0 Å². The number of aliphatic hydroxyl groups is 1. The zero-order chi connectivity index (χ0) is 11.4. The molecule has 0 aliphatic rings. The number of rotatable bonds is 4. The summed E-state index contributed by atoms with van der Waals surface area (Å²) in [6.45, 7) is 1.65. The second-order valence-electron chi connectivity index (χ2n) is 3.38. The van der Waals surface area contributed by atoms with Crippen molar-refractivity contribution in [3.05, 3.63) is 23.8 Å². The predicted octanol–water partition coefficient (Wildman–Crippen LogP) is 1.08. The molecule has 1 rings (SSSR count). The normalized spacial score (nSPS) is 14.5. The van der Waals surface area contributed by atoms with E-state index in [1.54, 1.807) is 33.3 Å². The van der Waals surface area contributed by atoms with Crippen molar-refractivity contribution in [3.63, 3.8) is 0 Å². The van der Waals surface area contributed by atoms with Crippen LogP contribution in [0.25, 0.3) is 0 Å². The molecule has 0 amide bonds. The largest absolute Gasteiger partial charge is 0.493 e. The summed E-state index contributed by atoms with van der Waals surface area (Å²) in [5.74, 6) is 1.27. The molecule has 0 radical (unpaired) electrons. The predicted molar refractivity (Wildman–Crippen MR) is 58.2 cm³/mol. The Morgan fingerprint density at radius 2 is 1.80 bits per heavy atom. The lowest BCUT2D eigenvalue weighted by molar-refractivity contribution is 0.164. The van der Waals surface area contributed by atoms with Crippen LogP contribution in [0, 0.1) is 0 Å². The smallest absolute Gasteiger partial charge is 0.161 e. The van der Waals surface area contributed by atoms with E-state index < -0.39 is 12.1 Å². The third kappa shape index (κ3) is 2.61. The van der Waals surface area contributed by atoms with Gasteiger partial charge in [-0.15, -0.1) is 0 Å². The Balaban J connectivity index is 3.02. The van der Waals surface area contributed by atoms with Crippen molar-refractivity contribution in [2.45, 2.75) is 19.1 Å². The molecule has 15 heavy (non-hydrogen) atoms. The fourth-order valence-electron chi connectivity index (χ4n) is 1.34. The number of methoxy groups -OCH3 is 2. The summed E-state index contributed by atoms with van der Waals surface area (Å²) in [7, 11) is 3.14. The maximum absolute atomic E-state index is 9.37. The second-order valence-corrected chi connectivity index (χ2v) is 3.38. The van der Waals surface area contributed by atoms with Gasteiger partial charge < -0.3 is 20.3 Å². The first-order valence-electron chi connectivity index (χ1n) is 4.75. The second kappa shape index (κ2) is 5.00. The lowest BCUT2D eigenvalue weighted by Crippen LogP contribution is -2.23. The average Bonchev–Trinajstić information content (AvgIpc) is 2.26. The molecule has 1 aromatic carbocycles.